The monoisotopic (exact) mass is 397 g/mol. The molecule has 0 bridgehead atoms. The number of anilines is 1. The Morgan fingerprint density at radius 1 is 1.37 bits per heavy atom. The van der Waals surface area contributed by atoms with Gasteiger partial charge in [0.1, 0.15) is 11.5 Å². The number of ether oxygens (including phenoxy) is 2. The molecule has 0 spiro atoms. The molecule has 2 atom stereocenters. The van der Waals surface area contributed by atoms with Crippen molar-refractivity contribution in [2.45, 2.75) is 38.3 Å². The van der Waals surface area contributed by atoms with E-state index in [1.54, 1.807) is 20.1 Å². The Morgan fingerprint density at radius 3 is 2.74 bits per heavy atom. The Morgan fingerprint density at radius 2 is 2.11 bits per heavy atom. The number of nitrogens with one attached hydrogen (secondary N) is 1. The SMILES string of the molecule is COc1cc(N)c(Cl)cc1C(=O)N[C@H]1CCN(CCCC(C)=O)C[C@H]1OC. The lowest BCUT2D eigenvalue weighted by atomic mass is 10.0. The summed E-state index contributed by atoms with van der Waals surface area (Å²) in [5.74, 6) is 0.312. The van der Waals surface area contributed by atoms with Crippen molar-refractivity contribution in [3.63, 3.8) is 0 Å². The molecule has 3 N–H and O–H groups in total. The summed E-state index contributed by atoms with van der Waals surface area (Å²) >= 11 is 6.06. The van der Waals surface area contributed by atoms with E-state index in [0.717, 1.165) is 25.9 Å². The number of piperidine rings is 1. The molecule has 1 aliphatic heterocycles. The lowest BCUT2D eigenvalue weighted by molar-refractivity contribution is -0.117. The second-order valence-corrected chi connectivity index (χ2v) is 7.23. The van der Waals surface area contributed by atoms with Crippen LogP contribution in [0.15, 0.2) is 12.1 Å². The molecule has 8 heteroatoms. The number of hydrogen-bond donors (Lipinski definition) is 2. The van der Waals surface area contributed by atoms with Crippen molar-refractivity contribution in [2.75, 3.05) is 39.6 Å². The summed E-state index contributed by atoms with van der Waals surface area (Å²) < 4.78 is 10.9. The third kappa shape index (κ3) is 5.82. The first-order valence-electron chi connectivity index (χ1n) is 9.04. The molecule has 7 nitrogen and oxygen atoms in total. The zero-order valence-corrected chi connectivity index (χ0v) is 16.8. The van der Waals surface area contributed by atoms with Crippen LogP contribution in [0.1, 0.15) is 36.5 Å². The average molecular weight is 398 g/mol. The van der Waals surface area contributed by atoms with Gasteiger partial charge in [0.15, 0.2) is 0 Å². The molecule has 1 aromatic rings. The number of amides is 1. The molecular formula is C19H28ClN3O4. The lowest BCUT2D eigenvalue weighted by Gasteiger charge is -2.38. The van der Waals surface area contributed by atoms with Crippen LogP contribution in [0.5, 0.6) is 5.75 Å². The highest BCUT2D eigenvalue weighted by atomic mass is 35.5. The number of ketones is 1. The molecule has 1 fully saturated rings. The van der Waals surface area contributed by atoms with Gasteiger partial charge in [0.05, 0.1) is 35.5 Å². The van der Waals surface area contributed by atoms with Crippen molar-refractivity contribution >= 4 is 29.0 Å². The standard InChI is InChI=1S/C19H28ClN3O4/c1-12(24)5-4-7-23-8-6-16(18(11-23)27-3)22-19(25)13-9-14(20)15(21)10-17(13)26-2/h9-10,16,18H,4-8,11,21H2,1-3H3,(H,22,25)/t16-,18+/m0/s1. The first-order chi connectivity index (χ1) is 12.8. The predicted molar refractivity (Wildman–Crippen MR) is 105 cm³/mol. The van der Waals surface area contributed by atoms with Gasteiger partial charge in [-0.15, -0.1) is 0 Å². The van der Waals surface area contributed by atoms with Crippen molar-refractivity contribution < 1.29 is 19.1 Å². The molecule has 0 aromatic heterocycles. The van der Waals surface area contributed by atoms with Gasteiger partial charge < -0.3 is 30.2 Å². The van der Waals surface area contributed by atoms with Crippen LogP contribution in [-0.2, 0) is 9.53 Å². The third-order valence-electron chi connectivity index (χ3n) is 4.83. The Balaban J connectivity index is 2.00. The summed E-state index contributed by atoms with van der Waals surface area (Å²) in [7, 11) is 3.13. The van der Waals surface area contributed by atoms with Gasteiger partial charge in [-0.2, -0.15) is 0 Å². The Bertz CT molecular complexity index is 683. The van der Waals surface area contributed by atoms with Gasteiger partial charge in [-0.1, -0.05) is 11.6 Å². The number of hydrogen-bond acceptors (Lipinski definition) is 6. The number of nitrogens with zero attached hydrogens (tertiary/aromatic N) is 1. The molecule has 27 heavy (non-hydrogen) atoms. The summed E-state index contributed by atoms with van der Waals surface area (Å²) in [4.78, 5) is 26.1. The molecule has 150 valence electrons. The van der Waals surface area contributed by atoms with Crippen LogP contribution >= 0.6 is 11.6 Å². The van der Waals surface area contributed by atoms with Crippen LogP contribution in [0.4, 0.5) is 5.69 Å². The van der Waals surface area contributed by atoms with E-state index in [9.17, 15) is 9.59 Å². The maximum atomic E-state index is 12.7. The van der Waals surface area contributed by atoms with Crippen molar-refractivity contribution in [1.29, 1.82) is 0 Å². The number of benzene rings is 1. The van der Waals surface area contributed by atoms with E-state index in [-0.39, 0.29) is 23.8 Å². The molecule has 1 heterocycles. The number of likely N-dealkylation sites (tertiary alicyclic amines) is 1. The summed E-state index contributed by atoms with van der Waals surface area (Å²) in [5, 5.41) is 3.34. The van der Waals surface area contributed by atoms with Crippen LogP contribution in [0, 0.1) is 0 Å². The third-order valence-corrected chi connectivity index (χ3v) is 5.16. The molecule has 1 aromatic carbocycles. The highest BCUT2D eigenvalue weighted by Crippen LogP contribution is 2.29. The molecule has 2 rings (SSSR count). The van der Waals surface area contributed by atoms with E-state index in [4.69, 9.17) is 26.8 Å². The number of nitrogens with two attached hydrogens (primary N) is 1. The molecule has 1 amide bonds. The van der Waals surface area contributed by atoms with Gasteiger partial charge in [-0.05, 0) is 32.4 Å². The summed E-state index contributed by atoms with van der Waals surface area (Å²) in [6.07, 6.45) is 2.06. The Hall–Kier alpha value is -1.83. The first-order valence-corrected chi connectivity index (χ1v) is 9.42. The fourth-order valence-electron chi connectivity index (χ4n) is 3.30. The van der Waals surface area contributed by atoms with Crippen molar-refractivity contribution in [3.05, 3.63) is 22.7 Å². The number of nitrogen functional groups attached to an aromatic ring is 1. The second-order valence-electron chi connectivity index (χ2n) is 6.82. The number of halogens is 1. The zero-order valence-electron chi connectivity index (χ0n) is 16.1. The van der Waals surface area contributed by atoms with Crippen molar-refractivity contribution in [1.82, 2.24) is 10.2 Å². The van der Waals surface area contributed by atoms with Gasteiger partial charge in [0, 0.05) is 32.7 Å². The quantitative estimate of drug-likeness (QED) is 0.652. The minimum Gasteiger partial charge on any atom is -0.496 e. The smallest absolute Gasteiger partial charge is 0.255 e. The van der Waals surface area contributed by atoms with Gasteiger partial charge in [-0.3, -0.25) is 4.79 Å². The number of carbonyl (C=O) groups is 2. The van der Waals surface area contributed by atoms with E-state index < -0.39 is 0 Å². The molecule has 0 unspecified atom stereocenters. The topological polar surface area (TPSA) is 93.9 Å². The highest BCUT2D eigenvalue weighted by molar-refractivity contribution is 6.33. The Kier molecular flexibility index (Phi) is 7.89. The number of rotatable bonds is 8. The zero-order chi connectivity index (χ0) is 20.0. The largest absolute Gasteiger partial charge is 0.496 e. The Labute approximate surface area is 165 Å². The van der Waals surface area contributed by atoms with Crippen LogP contribution in [0.3, 0.4) is 0 Å². The predicted octanol–water partition coefficient (Wildman–Crippen LogP) is 2.12. The first kappa shape index (κ1) is 21.5. The fourth-order valence-corrected chi connectivity index (χ4v) is 3.46. The fraction of sp³-hybridized carbons (Fsp3) is 0.579. The molecule has 0 aliphatic carbocycles. The van der Waals surface area contributed by atoms with Gasteiger partial charge >= 0.3 is 0 Å². The van der Waals surface area contributed by atoms with Crippen molar-refractivity contribution in [2.24, 2.45) is 0 Å². The highest BCUT2D eigenvalue weighted by Gasteiger charge is 2.31. The summed E-state index contributed by atoms with van der Waals surface area (Å²) in [5.41, 5.74) is 6.48. The molecule has 1 saturated heterocycles. The normalized spacial score (nSPS) is 20.3. The van der Waals surface area contributed by atoms with Gasteiger partial charge in [0.2, 0.25) is 0 Å². The number of methoxy groups -OCH3 is 2. The van der Waals surface area contributed by atoms with Gasteiger partial charge in [0.25, 0.3) is 5.91 Å². The minimum absolute atomic E-state index is 0.118. The molecule has 1 aliphatic rings. The van der Waals surface area contributed by atoms with E-state index >= 15 is 0 Å². The van der Waals surface area contributed by atoms with Crippen LogP contribution in [0.25, 0.3) is 0 Å². The number of Topliss-reactive ketones (excluding diaryl/α,β-unsaturated/α-hetero) is 1. The van der Waals surface area contributed by atoms with E-state index in [0.29, 0.717) is 35.0 Å². The molecule has 0 radical (unpaired) electrons. The molecule has 0 saturated carbocycles. The van der Waals surface area contributed by atoms with Crippen LogP contribution in [-0.4, -0.2) is 62.6 Å². The summed E-state index contributed by atoms with van der Waals surface area (Å²) in [6.45, 7) is 4.00. The maximum absolute atomic E-state index is 12.7. The van der Waals surface area contributed by atoms with E-state index in [2.05, 4.69) is 10.2 Å². The van der Waals surface area contributed by atoms with Crippen LogP contribution in [0.2, 0.25) is 5.02 Å². The maximum Gasteiger partial charge on any atom is 0.255 e. The average Bonchev–Trinajstić information content (AvgIpc) is 2.64. The van der Waals surface area contributed by atoms with Crippen LogP contribution < -0.4 is 15.8 Å². The van der Waals surface area contributed by atoms with Crippen molar-refractivity contribution in [3.8, 4) is 5.75 Å². The van der Waals surface area contributed by atoms with E-state index in [1.807, 2.05) is 0 Å². The lowest BCUT2D eigenvalue weighted by Crippen LogP contribution is -2.54. The number of carbonyl (C=O) groups excluding carboxylic acids is 2. The van der Waals surface area contributed by atoms with Gasteiger partial charge in [-0.25, -0.2) is 0 Å². The second kappa shape index (κ2) is 9.92. The van der Waals surface area contributed by atoms with E-state index in [1.165, 1.54) is 13.2 Å². The summed E-state index contributed by atoms with van der Waals surface area (Å²) in [6, 6.07) is 2.94. The molecular weight excluding hydrogens is 370 g/mol. The minimum atomic E-state index is -0.272.